The summed E-state index contributed by atoms with van der Waals surface area (Å²) in [7, 11) is -2.83. The molecule has 2 fully saturated rings. The monoisotopic (exact) mass is 496 g/mol. The number of hydrogen-bond donors (Lipinski definition) is 1. The van der Waals surface area contributed by atoms with Crippen molar-refractivity contribution in [2.45, 2.75) is 45.2 Å². The van der Waals surface area contributed by atoms with E-state index in [1.54, 1.807) is 0 Å². The number of nitrogens with zero attached hydrogens (tertiary/aromatic N) is 3. The van der Waals surface area contributed by atoms with Crippen LogP contribution in [0.1, 0.15) is 33.1 Å². The number of hydrogen-bond acceptors (Lipinski definition) is 4. The molecule has 6 nitrogen and oxygen atoms in total. The minimum absolute atomic E-state index is 0. The maximum atomic E-state index is 11.7. The summed E-state index contributed by atoms with van der Waals surface area (Å²) in [4.78, 5) is 9.71. The van der Waals surface area contributed by atoms with E-state index in [0.717, 1.165) is 45.0 Å². The van der Waals surface area contributed by atoms with Crippen LogP contribution in [0.4, 0.5) is 0 Å². The van der Waals surface area contributed by atoms with Gasteiger partial charge >= 0.3 is 0 Å². The van der Waals surface area contributed by atoms with Gasteiger partial charge in [0.1, 0.15) is 0 Å². The first-order valence-corrected chi connectivity index (χ1v) is 11.4. The van der Waals surface area contributed by atoms with Crippen molar-refractivity contribution in [1.29, 1.82) is 0 Å². The van der Waals surface area contributed by atoms with Gasteiger partial charge < -0.3 is 10.2 Å². The molecule has 150 valence electrons. The zero-order chi connectivity index (χ0) is 17.9. The predicted molar refractivity (Wildman–Crippen MR) is 118 cm³/mol. The van der Waals surface area contributed by atoms with Crippen LogP contribution in [0.25, 0.3) is 0 Å². The summed E-state index contributed by atoms with van der Waals surface area (Å²) in [5.74, 6) is 1.78. The number of guanidine groups is 1. The van der Waals surface area contributed by atoms with Crippen molar-refractivity contribution in [3.8, 4) is 0 Å². The molecule has 3 atom stereocenters. The first-order valence-electron chi connectivity index (χ1n) is 9.62. The van der Waals surface area contributed by atoms with Crippen LogP contribution in [-0.2, 0) is 9.84 Å². The van der Waals surface area contributed by atoms with Crippen LogP contribution in [0.15, 0.2) is 17.1 Å². The summed E-state index contributed by atoms with van der Waals surface area (Å²) in [6.07, 6.45) is 7.46. The fourth-order valence-corrected chi connectivity index (χ4v) is 5.67. The van der Waals surface area contributed by atoms with Crippen molar-refractivity contribution >= 4 is 39.8 Å². The molecule has 0 saturated carbocycles. The topological polar surface area (TPSA) is 65.0 Å². The minimum atomic E-state index is -2.83. The molecule has 0 aromatic heterocycles. The fraction of sp³-hybridized carbons (Fsp3) is 0.833. The van der Waals surface area contributed by atoms with Gasteiger partial charge in [-0.3, -0.25) is 9.89 Å². The molecule has 8 heteroatoms. The smallest absolute Gasteiger partial charge is 0.194 e. The Hall–Kier alpha value is -0.350. The summed E-state index contributed by atoms with van der Waals surface area (Å²) >= 11 is 0. The Labute approximate surface area is 175 Å². The molecule has 3 rings (SSSR count). The highest BCUT2D eigenvalue weighted by Gasteiger charge is 2.31. The molecule has 0 aliphatic carbocycles. The third-order valence-electron chi connectivity index (χ3n) is 5.64. The summed E-state index contributed by atoms with van der Waals surface area (Å²) in [5.41, 5.74) is 0. The maximum Gasteiger partial charge on any atom is 0.194 e. The van der Waals surface area contributed by atoms with Crippen LogP contribution in [0.3, 0.4) is 0 Å². The van der Waals surface area contributed by atoms with Gasteiger partial charge in [-0.25, -0.2) is 8.42 Å². The molecule has 0 aromatic carbocycles. The highest BCUT2D eigenvalue weighted by molar-refractivity contribution is 14.0. The Morgan fingerprint density at radius 1 is 1.31 bits per heavy atom. The highest BCUT2D eigenvalue weighted by atomic mass is 127. The van der Waals surface area contributed by atoms with Crippen LogP contribution >= 0.6 is 24.0 Å². The van der Waals surface area contributed by atoms with Gasteiger partial charge in [-0.1, -0.05) is 19.1 Å². The summed E-state index contributed by atoms with van der Waals surface area (Å²) < 4.78 is 23.3. The van der Waals surface area contributed by atoms with Crippen LogP contribution in [-0.4, -0.2) is 80.5 Å². The van der Waals surface area contributed by atoms with Crippen molar-refractivity contribution in [2.24, 2.45) is 10.9 Å². The molecule has 0 aromatic rings. The molecule has 0 spiro atoms. The van der Waals surface area contributed by atoms with E-state index in [4.69, 9.17) is 4.99 Å². The van der Waals surface area contributed by atoms with Gasteiger partial charge in [0, 0.05) is 44.8 Å². The van der Waals surface area contributed by atoms with Gasteiger partial charge in [-0.15, -0.1) is 24.0 Å². The van der Waals surface area contributed by atoms with Crippen molar-refractivity contribution < 1.29 is 8.42 Å². The van der Waals surface area contributed by atoms with E-state index >= 15 is 0 Å². The van der Waals surface area contributed by atoms with E-state index in [-0.39, 0.29) is 29.9 Å². The Morgan fingerprint density at radius 3 is 2.65 bits per heavy atom. The lowest BCUT2D eigenvalue weighted by atomic mass is 10.1. The number of sulfone groups is 1. The van der Waals surface area contributed by atoms with Crippen LogP contribution in [0, 0.1) is 5.92 Å². The molecule has 0 radical (unpaired) electrons. The highest BCUT2D eigenvalue weighted by Crippen LogP contribution is 2.20. The lowest BCUT2D eigenvalue weighted by molar-refractivity contribution is 0.259. The SMILES string of the molecule is CCC(C)NC(=NCC1CCS(=O)(=O)C1)N1CCC(N2CC=CC2)C1.I. The predicted octanol–water partition coefficient (Wildman–Crippen LogP) is 1.73. The number of aliphatic imine (C=N–C) groups is 1. The Morgan fingerprint density at radius 2 is 2.04 bits per heavy atom. The van der Waals surface area contributed by atoms with Gasteiger partial charge in [0.15, 0.2) is 15.8 Å². The molecular formula is C18H33IN4O2S. The van der Waals surface area contributed by atoms with Crippen LogP contribution in [0.2, 0.25) is 0 Å². The maximum absolute atomic E-state index is 11.7. The first kappa shape index (κ1) is 21.9. The average molecular weight is 496 g/mol. The van der Waals surface area contributed by atoms with E-state index in [1.807, 2.05) is 0 Å². The number of halogens is 1. The van der Waals surface area contributed by atoms with Crippen molar-refractivity contribution in [3.63, 3.8) is 0 Å². The Balaban J connectivity index is 0.00000243. The second-order valence-electron chi connectivity index (χ2n) is 7.70. The average Bonchev–Trinajstić information content (AvgIpc) is 3.31. The molecule has 2 saturated heterocycles. The molecule has 3 aliphatic heterocycles. The molecule has 3 unspecified atom stereocenters. The standard InChI is InChI=1S/C18H32N4O2S.HI/c1-3-15(2)20-18(19-12-16-7-11-25(23,24)14-16)22-10-6-17(13-22)21-8-4-5-9-21;/h4-5,15-17H,3,6-14H2,1-2H3,(H,19,20);1H. The first-order chi connectivity index (χ1) is 12.0. The summed E-state index contributed by atoms with van der Waals surface area (Å²) in [6.45, 7) is 9.10. The van der Waals surface area contributed by atoms with Gasteiger partial charge in [-0.2, -0.15) is 0 Å². The Bertz CT molecular complexity index is 615. The van der Waals surface area contributed by atoms with E-state index in [2.05, 4.69) is 41.1 Å². The quantitative estimate of drug-likeness (QED) is 0.272. The van der Waals surface area contributed by atoms with Crippen molar-refractivity contribution in [1.82, 2.24) is 15.1 Å². The lowest BCUT2D eigenvalue weighted by Crippen LogP contribution is -2.46. The number of rotatable bonds is 5. The van der Waals surface area contributed by atoms with Crippen LogP contribution < -0.4 is 5.32 Å². The third-order valence-corrected chi connectivity index (χ3v) is 7.48. The molecule has 0 bridgehead atoms. The van der Waals surface area contributed by atoms with Gasteiger partial charge in [0.25, 0.3) is 0 Å². The largest absolute Gasteiger partial charge is 0.354 e. The normalized spacial score (nSPS) is 29.8. The third kappa shape index (κ3) is 5.82. The molecule has 0 amide bonds. The summed E-state index contributed by atoms with van der Waals surface area (Å²) in [6, 6.07) is 0.962. The second kappa shape index (κ2) is 9.73. The Kier molecular flexibility index (Phi) is 8.21. The molecule has 3 heterocycles. The van der Waals surface area contributed by atoms with E-state index in [9.17, 15) is 8.42 Å². The molecule has 3 aliphatic rings. The fourth-order valence-electron chi connectivity index (χ4n) is 3.82. The second-order valence-corrected chi connectivity index (χ2v) is 9.93. The molecular weight excluding hydrogens is 463 g/mol. The van der Waals surface area contributed by atoms with E-state index in [0.29, 0.717) is 30.1 Å². The van der Waals surface area contributed by atoms with E-state index in [1.165, 1.54) is 6.42 Å². The van der Waals surface area contributed by atoms with Gasteiger partial charge in [0.2, 0.25) is 0 Å². The molecule has 26 heavy (non-hydrogen) atoms. The number of likely N-dealkylation sites (tertiary alicyclic amines) is 1. The lowest BCUT2D eigenvalue weighted by Gasteiger charge is -2.27. The zero-order valence-electron chi connectivity index (χ0n) is 15.9. The van der Waals surface area contributed by atoms with Crippen molar-refractivity contribution in [2.75, 3.05) is 44.2 Å². The molecule has 1 N–H and O–H groups in total. The van der Waals surface area contributed by atoms with Crippen LogP contribution in [0.5, 0.6) is 0 Å². The summed E-state index contributed by atoms with van der Waals surface area (Å²) in [5, 5.41) is 3.56. The van der Waals surface area contributed by atoms with E-state index < -0.39 is 9.84 Å². The zero-order valence-corrected chi connectivity index (χ0v) is 19.1. The van der Waals surface area contributed by atoms with Gasteiger partial charge in [-0.05, 0) is 32.1 Å². The van der Waals surface area contributed by atoms with Gasteiger partial charge in [0.05, 0.1) is 11.5 Å². The number of nitrogens with one attached hydrogen (secondary N) is 1. The van der Waals surface area contributed by atoms with Crippen molar-refractivity contribution in [3.05, 3.63) is 12.2 Å². The minimum Gasteiger partial charge on any atom is -0.354 e.